The molecular formula is C25H28N2O2S. The van der Waals surface area contributed by atoms with Crippen molar-refractivity contribution in [1.29, 1.82) is 0 Å². The van der Waals surface area contributed by atoms with E-state index in [-0.39, 0.29) is 35.5 Å². The number of aromatic nitrogens is 1. The summed E-state index contributed by atoms with van der Waals surface area (Å²) >= 11 is 1.45. The molecule has 0 N–H and O–H groups in total. The second-order valence-electron chi connectivity index (χ2n) is 9.49. The first kappa shape index (κ1) is 19.7. The second-order valence-corrected chi connectivity index (χ2v) is 10.7. The molecule has 0 radical (unpaired) electrons. The minimum absolute atomic E-state index is 0.0357. The van der Waals surface area contributed by atoms with Crippen molar-refractivity contribution in [2.45, 2.75) is 53.4 Å². The van der Waals surface area contributed by atoms with Crippen molar-refractivity contribution in [2.75, 3.05) is 4.90 Å². The van der Waals surface area contributed by atoms with Crippen LogP contribution in [0.25, 0.3) is 11.3 Å². The number of fused-ring (bicyclic) bond motifs is 5. The molecule has 2 heterocycles. The van der Waals surface area contributed by atoms with Crippen LogP contribution in [0.4, 0.5) is 5.13 Å². The summed E-state index contributed by atoms with van der Waals surface area (Å²) in [6, 6.07) is 8.44. The highest BCUT2D eigenvalue weighted by atomic mass is 32.1. The van der Waals surface area contributed by atoms with Crippen LogP contribution in [-0.4, -0.2) is 16.8 Å². The zero-order valence-corrected chi connectivity index (χ0v) is 19.0. The third kappa shape index (κ3) is 2.67. The van der Waals surface area contributed by atoms with Crippen molar-refractivity contribution >= 4 is 28.3 Å². The van der Waals surface area contributed by atoms with E-state index in [1.807, 2.05) is 6.92 Å². The summed E-state index contributed by atoms with van der Waals surface area (Å²) in [5, 5.41) is 0.540. The monoisotopic (exact) mass is 420 g/mol. The number of allylic oxidation sites excluding steroid dienone is 2. The van der Waals surface area contributed by atoms with Crippen LogP contribution in [0.2, 0.25) is 0 Å². The van der Waals surface area contributed by atoms with Crippen LogP contribution in [0, 0.1) is 30.6 Å². The van der Waals surface area contributed by atoms with Crippen LogP contribution in [0.3, 0.4) is 0 Å². The molecule has 3 aliphatic rings. The van der Waals surface area contributed by atoms with Gasteiger partial charge in [0.1, 0.15) is 0 Å². The molecule has 156 valence electrons. The number of carbonyl (C=O) groups excluding carboxylic acids is 2. The van der Waals surface area contributed by atoms with Gasteiger partial charge in [-0.2, -0.15) is 0 Å². The summed E-state index contributed by atoms with van der Waals surface area (Å²) in [6.07, 6.45) is 2.06. The highest BCUT2D eigenvalue weighted by Crippen LogP contribution is 2.60. The SMILES string of the molecule is CC(C)=C1[C@H]2CC[C@@H]1[C@@H]1C(=O)N(c3nc(-c4ccc(C(C)C)cc4)c(C)s3)C(=O)[C@H]12. The van der Waals surface area contributed by atoms with Gasteiger partial charge in [-0.15, -0.1) is 11.3 Å². The average Bonchev–Trinajstić information content (AvgIpc) is 3.43. The van der Waals surface area contributed by atoms with Crippen LogP contribution in [0.5, 0.6) is 0 Å². The fourth-order valence-corrected chi connectivity index (χ4v) is 6.89. The Morgan fingerprint density at radius 1 is 1.03 bits per heavy atom. The van der Waals surface area contributed by atoms with Crippen LogP contribution in [0.15, 0.2) is 35.4 Å². The van der Waals surface area contributed by atoms with E-state index in [0.717, 1.165) is 29.0 Å². The van der Waals surface area contributed by atoms with E-state index in [2.05, 4.69) is 52.0 Å². The summed E-state index contributed by atoms with van der Waals surface area (Å²) < 4.78 is 0. The molecule has 1 aliphatic heterocycles. The highest BCUT2D eigenvalue weighted by Gasteiger charge is 2.64. The molecular weight excluding hydrogens is 392 g/mol. The smallest absolute Gasteiger partial charge is 0.240 e. The van der Waals surface area contributed by atoms with Gasteiger partial charge in [0, 0.05) is 10.4 Å². The molecule has 30 heavy (non-hydrogen) atoms. The molecule has 0 unspecified atom stereocenters. The van der Waals surface area contributed by atoms with E-state index in [1.54, 1.807) is 0 Å². The molecule has 1 aromatic carbocycles. The molecule has 2 bridgehead atoms. The Balaban J connectivity index is 1.48. The zero-order valence-electron chi connectivity index (χ0n) is 18.2. The molecule has 5 heteroatoms. The van der Waals surface area contributed by atoms with E-state index in [4.69, 9.17) is 4.98 Å². The van der Waals surface area contributed by atoms with Gasteiger partial charge in [0.15, 0.2) is 5.13 Å². The van der Waals surface area contributed by atoms with Crippen LogP contribution >= 0.6 is 11.3 Å². The Hall–Kier alpha value is -2.27. The predicted molar refractivity (Wildman–Crippen MR) is 120 cm³/mol. The number of anilines is 1. The zero-order chi connectivity index (χ0) is 21.3. The number of benzene rings is 1. The first-order valence-corrected chi connectivity index (χ1v) is 11.7. The number of nitrogens with zero attached hydrogens (tertiary/aromatic N) is 2. The lowest BCUT2D eigenvalue weighted by Gasteiger charge is -2.18. The van der Waals surface area contributed by atoms with E-state index >= 15 is 0 Å². The van der Waals surface area contributed by atoms with E-state index in [1.165, 1.54) is 32.9 Å². The first-order valence-electron chi connectivity index (χ1n) is 10.9. The van der Waals surface area contributed by atoms with Crippen LogP contribution in [0.1, 0.15) is 56.9 Å². The quantitative estimate of drug-likeness (QED) is 0.471. The third-order valence-electron chi connectivity index (χ3n) is 7.26. The maximum absolute atomic E-state index is 13.4. The number of imide groups is 1. The molecule has 2 saturated carbocycles. The van der Waals surface area contributed by atoms with Gasteiger partial charge in [-0.05, 0) is 56.9 Å². The lowest BCUT2D eigenvalue weighted by atomic mass is 9.81. The third-order valence-corrected chi connectivity index (χ3v) is 8.21. The second kappa shape index (κ2) is 6.88. The molecule has 2 aliphatic carbocycles. The largest absolute Gasteiger partial charge is 0.274 e. The fraction of sp³-hybridized carbons (Fsp3) is 0.480. The number of thiazole rings is 1. The van der Waals surface area contributed by atoms with Crippen LogP contribution in [-0.2, 0) is 9.59 Å². The summed E-state index contributed by atoms with van der Waals surface area (Å²) in [4.78, 5) is 34.0. The van der Waals surface area contributed by atoms with Crippen molar-refractivity contribution < 1.29 is 9.59 Å². The molecule has 5 rings (SSSR count). The molecule has 2 aromatic rings. The topological polar surface area (TPSA) is 50.3 Å². The van der Waals surface area contributed by atoms with Gasteiger partial charge < -0.3 is 0 Å². The maximum Gasteiger partial charge on any atom is 0.240 e. The minimum atomic E-state index is -0.181. The average molecular weight is 421 g/mol. The molecule has 1 aromatic heterocycles. The van der Waals surface area contributed by atoms with Crippen molar-refractivity contribution in [3.05, 3.63) is 45.9 Å². The number of amides is 2. The van der Waals surface area contributed by atoms with Gasteiger partial charge in [0.2, 0.25) is 11.8 Å². The van der Waals surface area contributed by atoms with Gasteiger partial charge in [-0.25, -0.2) is 9.88 Å². The number of aryl methyl sites for hydroxylation is 1. The summed E-state index contributed by atoms with van der Waals surface area (Å²) in [7, 11) is 0. The molecule has 2 amide bonds. The Kier molecular flexibility index (Phi) is 4.51. The molecule has 0 spiro atoms. The number of hydrogen-bond donors (Lipinski definition) is 0. The van der Waals surface area contributed by atoms with Crippen molar-refractivity contribution in [3.63, 3.8) is 0 Å². The van der Waals surface area contributed by atoms with E-state index in [9.17, 15) is 9.59 Å². The standard InChI is InChI=1S/C25H28N2O2S/c1-12(2)15-6-8-16(9-7-15)22-14(5)30-25(26-22)27-23(28)20-17-10-11-18(19(17)13(3)4)21(20)24(27)29/h6-9,12,17-18,20-21H,10-11H2,1-5H3/t17-,18+,20-,21-/m0/s1. The predicted octanol–water partition coefficient (Wildman–Crippen LogP) is 5.72. The molecule has 3 fully saturated rings. The molecule has 4 nitrogen and oxygen atoms in total. The Morgan fingerprint density at radius 2 is 1.60 bits per heavy atom. The maximum atomic E-state index is 13.4. The Morgan fingerprint density at radius 3 is 2.10 bits per heavy atom. The fourth-order valence-electron chi connectivity index (χ4n) is 5.95. The van der Waals surface area contributed by atoms with Crippen LogP contribution < -0.4 is 4.90 Å². The van der Waals surface area contributed by atoms with Gasteiger partial charge >= 0.3 is 0 Å². The van der Waals surface area contributed by atoms with E-state index < -0.39 is 0 Å². The number of carbonyl (C=O) groups is 2. The molecule has 1 saturated heterocycles. The van der Waals surface area contributed by atoms with E-state index in [0.29, 0.717) is 11.0 Å². The lowest BCUT2D eigenvalue weighted by Crippen LogP contribution is -2.33. The molecule has 4 atom stereocenters. The Bertz CT molecular complexity index is 1040. The van der Waals surface area contributed by atoms with Gasteiger partial charge in [-0.1, -0.05) is 49.3 Å². The summed E-state index contributed by atoms with van der Waals surface area (Å²) in [5.74, 6) is 0.536. The first-order chi connectivity index (χ1) is 14.3. The van der Waals surface area contributed by atoms with Gasteiger partial charge in [0.25, 0.3) is 0 Å². The minimum Gasteiger partial charge on any atom is -0.274 e. The van der Waals surface area contributed by atoms with Crippen molar-refractivity contribution in [1.82, 2.24) is 4.98 Å². The van der Waals surface area contributed by atoms with Gasteiger partial charge in [0.05, 0.1) is 17.5 Å². The number of hydrogen-bond acceptors (Lipinski definition) is 4. The number of rotatable bonds is 3. The summed E-state index contributed by atoms with van der Waals surface area (Å²) in [5.41, 5.74) is 5.87. The highest BCUT2D eigenvalue weighted by molar-refractivity contribution is 7.16. The van der Waals surface area contributed by atoms with Crippen molar-refractivity contribution in [3.8, 4) is 11.3 Å². The lowest BCUT2D eigenvalue weighted by molar-refractivity contribution is -0.123. The normalized spacial score (nSPS) is 27.5. The van der Waals surface area contributed by atoms with Gasteiger partial charge in [-0.3, -0.25) is 9.59 Å². The van der Waals surface area contributed by atoms with Crippen molar-refractivity contribution in [2.24, 2.45) is 23.7 Å². The Labute approximate surface area is 182 Å². The summed E-state index contributed by atoms with van der Waals surface area (Å²) in [6.45, 7) is 10.6.